The number of aliphatic hydroxyl groups excluding tert-OH is 1. The van der Waals surface area contributed by atoms with Crippen LogP contribution in [0.3, 0.4) is 0 Å². The summed E-state index contributed by atoms with van der Waals surface area (Å²) in [5.41, 5.74) is 0.0287. The third-order valence-corrected chi connectivity index (χ3v) is 1.86. The fraction of sp³-hybridized carbons (Fsp3) is 0.700. The largest absolute Gasteiger partial charge is 0.391 e. The van der Waals surface area contributed by atoms with Crippen molar-refractivity contribution in [3.05, 3.63) is 12.2 Å². The van der Waals surface area contributed by atoms with Crippen LogP contribution in [0.4, 0.5) is 0 Å². The summed E-state index contributed by atoms with van der Waals surface area (Å²) in [5.74, 6) is -0.169. The van der Waals surface area contributed by atoms with Gasteiger partial charge in [-0.1, -0.05) is 6.58 Å². The number of carbonyl (C=O) groups excluding carboxylic acids is 1. The van der Waals surface area contributed by atoms with Crippen LogP contribution in [0.5, 0.6) is 0 Å². The molecule has 0 unspecified atom stereocenters. The fourth-order valence-corrected chi connectivity index (χ4v) is 1.18. The lowest BCUT2D eigenvalue weighted by Crippen LogP contribution is -2.46. The molecule has 0 spiro atoms. The molecule has 0 saturated heterocycles. The third kappa shape index (κ3) is 3.19. The lowest BCUT2D eigenvalue weighted by Gasteiger charge is -2.35. The van der Waals surface area contributed by atoms with E-state index in [2.05, 4.69) is 6.58 Å². The van der Waals surface area contributed by atoms with Gasteiger partial charge in [-0.25, -0.2) is 0 Å². The molecule has 0 radical (unpaired) electrons. The number of hydrogen-bond donors (Lipinski definition) is 1. The third-order valence-electron chi connectivity index (χ3n) is 1.86. The molecule has 1 N–H and O–H groups in total. The standard InChI is InChI=1S/C10H19NO2/c1-6-11(10(3,4)5)9(13)8(2)7-12/h12H,2,6-7H2,1,3-5H3. The Morgan fingerprint density at radius 3 is 2.15 bits per heavy atom. The maximum absolute atomic E-state index is 11.6. The second-order valence-electron chi connectivity index (χ2n) is 3.98. The summed E-state index contributed by atoms with van der Waals surface area (Å²) in [6.07, 6.45) is 0. The van der Waals surface area contributed by atoms with E-state index >= 15 is 0 Å². The van der Waals surface area contributed by atoms with Gasteiger partial charge in [0, 0.05) is 17.7 Å². The van der Waals surface area contributed by atoms with Crippen LogP contribution in [0, 0.1) is 0 Å². The van der Waals surface area contributed by atoms with Crippen LogP contribution in [0.2, 0.25) is 0 Å². The van der Waals surface area contributed by atoms with Crippen molar-refractivity contribution in [3.63, 3.8) is 0 Å². The van der Waals surface area contributed by atoms with Crippen LogP contribution in [0.1, 0.15) is 27.7 Å². The molecule has 3 nitrogen and oxygen atoms in total. The van der Waals surface area contributed by atoms with Crippen molar-refractivity contribution < 1.29 is 9.90 Å². The second-order valence-corrected chi connectivity index (χ2v) is 3.98. The van der Waals surface area contributed by atoms with Crippen molar-refractivity contribution in [2.45, 2.75) is 33.2 Å². The van der Waals surface area contributed by atoms with Gasteiger partial charge in [-0.05, 0) is 27.7 Å². The van der Waals surface area contributed by atoms with E-state index < -0.39 is 0 Å². The van der Waals surface area contributed by atoms with Gasteiger partial charge in [0.25, 0.3) is 5.91 Å². The van der Waals surface area contributed by atoms with Crippen molar-refractivity contribution in [2.75, 3.05) is 13.2 Å². The van der Waals surface area contributed by atoms with Gasteiger partial charge >= 0.3 is 0 Å². The van der Waals surface area contributed by atoms with E-state index in [1.807, 2.05) is 27.7 Å². The Kier molecular flexibility index (Phi) is 4.14. The number of carbonyl (C=O) groups is 1. The first-order valence-corrected chi connectivity index (χ1v) is 4.45. The highest BCUT2D eigenvalue weighted by Gasteiger charge is 2.25. The van der Waals surface area contributed by atoms with Gasteiger partial charge in [0.15, 0.2) is 0 Å². The molecule has 0 aromatic heterocycles. The highest BCUT2D eigenvalue weighted by molar-refractivity contribution is 5.93. The number of nitrogens with zero attached hydrogens (tertiary/aromatic N) is 1. The van der Waals surface area contributed by atoms with Gasteiger partial charge in [-0.2, -0.15) is 0 Å². The molecule has 0 aromatic rings. The smallest absolute Gasteiger partial charge is 0.251 e. The molecule has 0 aliphatic rings. The number of likely N-dealkylation sites (N-methyl/N-ethyl adjacent to an activating group) is 1. The van der Waals surface area contributed by atoms with E-state index in [1.54, 1.807) is 4.90 Å². The summed E-state index contributed by atoms with van der Waals surface area (Å²) >= 11 is 0. The van der Waals surface area contributed by atoms with E-state index in [-0.39, 0.29) is 23.6 Å². The van der Waals surface area contributed by atoms with Crippen LogP contribution in [0.15, 0.2) is 12.2 Å². The van der Waals surface area contributed by atoms with Gasteiger partial charge in [0.2, 0.25) is 0 Å². The predicted molar refractivity (Wildman–Crippen MR) is 53.4 cm³/mol. The summed E-state index contributed by atoms with van der Waals surface area (Å²) in [7, 11) is 0. The Balaban J connectivity index is 4.61. The minimum Gasteiger partial charge on any atom is -0.391 e. The topological polar surface area (TPSA) is 40.5 Å². The maximum Gasteiger partial charge on any atom is 0.251 e. The van der Waals surface area contributed by atoms with Crippen LogP contribution in [0.25, 0.3) is 0 Å². The normalized spacial score (nSPS) is 11.2. The van der Waals surface area contributed by atoms with Gasteiger partial charge in [0.1, 0.15) is 0 Å². The molecule has 76 valence electrons. The first kappa shape index (κ1) is 12.2. The molecule has 0 fully saturated rings. The summed E-state index contributed by atoms with van der Waals surface area (Å²) in [6, 6.07) is 0. The minimum atomic E-state index is -0.272. The van der Waals surface area contributed by atoms with E-state index in [4.69, 9.17) is 5.11 Å². The van der Waals surface area contributed by atoms with Crippen LogP contribution in [-0.2, 0) is 4.79 Å². The molecular formula is C10H19NO2. The zero-order valence-electron chi connectivity index (χ0n) is 8.92. The van der Waals surface area contributed by atoms with Crippen molar-refractivity contribution in [3.8, 4) is 0 Å². The monoisotopic (exact) mass is 185 g/mol. The molecule has 13 heavy (non-hydrogen) atoms. The van der Waals surface area contributed by atoms with E-state index in [0.717, 1.165) is 0 Å². The zero-order valence-corrected chi connectivity index (χ0v) is 8.92. The fourth-order valence-electron chi connectivity index (χ4n) is 1.18. The van der Waals surface area contributed by atoms with Gasteiger partial charge in [-0.15, -0.1) is 0 Å². The lowest BCUT2D eigenvalue weighted by molar-refractivity contribution is -0.131. The summed E-state index contributed by atoms with van der Waals surface area (Å²) in [4.78, 5) is 13.3. The molecule has 0 atom stereocenters. The molecule has 0 aliphatic carbocycles. The van der Waals surface area contributed by atoms with E-state index in [0.29, 0.717) is 6.54 Å². The van der Waals surface area contributed by atoms with Crippen molar-refractivity contribution in [1.82, 2.24) is 4.90 Å². The highest BCUT2D eigenvalue weighted by atomic mass is 16.3. The minimum absolute atomic E-state index is 0.169. The van der Waals surface area contributed by atoms with Crippen molar-refractivity contribution in [1.29, 1.82) is 0 Å². The molecular weight excluding hydrogens is 166 g/mol. The number of aliphatic hydroxyl groups is 1. The maximum atomic E-state index is 11.6. The number of hydrogen-bond acceptors (Lipinski definition) is 2. The molecule has 0 heterocycles. The Morgan fingerprint density at radius 2 is 1.92 bits per heavy atom. The lowest BCUT2D eigenvalue weighted by atomic mass is 10.0. The number of amides is 1. The molecule has 0 aromatic carbocycles. The predicted octanol–water partition coefficient (Wildman–Crippen LogP) is 1.18. The number of rotatable bonds is 3. The van der Waals surface area contributed by atoms with Crippen molar-refractivity contribution >= 4 is 5.91 Å². The summed E-state index contributed by atoms with van der Waals surface area (Å²) in [5, 5.41) is 8.77. The van der Waals surface area contributed by atoms with Gasteiger partial charge < -0.3 is 10.0 Å². The molecule has 3 heteroatoms. The molecule has 1 amide bonds. The Bertz CT molecular complexity index is 203. The van der Waals surface area contributed by atoms with E-state index in [1.165, 1.54) is 0 Å². The molecule has 0 rings (SSSR count). The molecule has 0 bridgehead atoms. The quantitative estimate of drug-likeness (QED) is 0.671. The Labute approximate surface area is 80.0 Å². The summed E-state index contributed by atoms with van der Waals surface area (Å²) in [6.45, 7) is 11.7. The van der Waals surface area contributed by atoms with Crippen LogP contribution in [-0.4, -0.2) is 34.6 Å². The van der Waals surface area contributed by atoms with Crippen LogP contribution < -0.4 is 0 Å². The zero-order chi connectivity index (χ0) is 10.6. The average Bonchev–Trinajstić information content (AvgIpc) is 2.01. The first-order chi connectivity index (χ1) is 5.84. The molecule has 0 saturated carbocycles. The van der Waals surface area contributed by atoms with Crippen molar-refractivity contribution in [2.24, 2.45) is 0 Å². The Morgan fingerprint density at radius 1 is 1.46 bits per heavy atom. The molecule has 0 aliphatic heterocycles. The average molecular weight is 185 g/mol. The highest BCUT2D eigenvalue weighted by Crippen LogP contribution is 2.15. The Hall–Kier alpha value is -0.830. The SMILES string of the molecule is C=C(CO)C(=O)N(CC)C(C)(C)C. The van der Waals surface area contributed by atoms with Gasteiger partial charge in [0.05, 0.1) is 6.61 Å². The first-order valence-electron chi connectivity index (χ1n) is 4.45. The summed E-state index contributed by atoms with van der Waals surface area (Å²) < 4.78 is 0. The van der Waals surface area contributed by atoms with Gasteiger partial charge in [-0.3, -0.25) is 4.79 Å². The second kappa shape index (κ2) is 4.42. The van der Waals surface area contributed by atoms with Crippen LogP contribution >= 0.6 is 0 Å². The van der Waals surface area contributed by atoms with E-state index in [9.17, 15) is 4.79 Å².